The molecule has 0 aliphatic rings. The van der Waals surface area contributed by atoms with E-state index in [1.165, 1.54) is 12.1 Å². The van der Waals surface area contributed by atoms with E-state index in [0.29, 0.717) is 17.8 Å². The largest absolute Gasteiger partial charge is 0.416 e. The Labute approximate surface area is 218 Å². The van der Waals surface area contributed by atoms with Crippen LogP contribution < -0.4 is 5.32 Å². The maximum Gasteiger partial charge on any atom is 0.416 e. The fraction of sp³-hybridized carbons (Fsp3) is 0.129. The Kier molecular flexibility index (Phi) is 7.18. The molecule has 0 aliphatic carbocycles. The third kappa shape index (κ3) is 5.89. The second-order valence-corrected chi connectivity index (χ2v) is 9.12. The van der Waals surface area contributed by atoms with Crippen LogP contribution in [-0.2, 0) is 25.8 Å². The summed E-state index contributed by atoms with van der Waals surface area (Å²) in [5, 5.41) is 5.03. The van der Waals surface area contributed by atoms with Crippen molar-refractivity contribution < 1.29 is 18.0 Å². The molecule has 4 aromatic carbocycles. The van der Waals surface area contributed by atoms with E-state index in [1.54, 1.807) is 11.0 Å². The third-order valence-electron chi connectivity index (χ3n) is 6.42. The number of fused-ring (bicyclic) bond motifs is 1. The monoisotopic (exact) mass is 513 g/mol. The normalized spacial score (nSPS) is 11.4. The number of alkyl halides is 3. The molecule has 0 aliphatic heterocycles. The van der Waals surface area contributed by atoms with Gasteiger partial charge in [0.1, 0.15) is 0 Å². The number of nitrogens with one attached hydrogen (secondary N) is 1. The van der Waals surface area contributed by atoms with E-state index >= 15 is 0 Å². The standard InChI is InChI=1S/C31H26F3N3O/c32-31(33,34)26-14-6-11-24(19-26)21-36-18-8-15-27(36)22-37(20-23-9-2-1-3-10-23)30(38)35-29-17-7-13-25-12-4-5-16-28(25)29/h1-19H,20-22H2,(H,35,38). The number of benzene rings is 4. The second-order valence-electron chi connectivity index (χ2n) is 9.12. The number of anilines is 1. The van der Waals surface area contributed by atoms with Crippen LogP contribution in [0.3, 0.4) is 0 Å². The number of aromatic nitrogens is 1. The Morgan fingerprint density at radius 1 is 0.763 bits per heavy atom. The van der Waals surface area contributed by atoms with E-state index in [0.717, 1.165) is 28.1 Å². The first-order chi connectivity index (χ1) is 18.4. The highest BCUT2D eigenvalue weighted by molar-refractivity contribution is 6.01. The number of carbonyl (C=O) groups is 1. The van der Waals surface area contributed by atoms with Crippen LogP contribution in [0.15, 0.2) is 115 Å². The smallest absolute Gasteiger partial charge is 0.345 e. The molecule has 7 heteroatoms. The van der Waals surface area contributed by atoms with Crippen molar-refractivity contribution in [3.8, 4) is 0 Å². The van der Waals surface area contributed by atoms with E-state index in [-0.39, 0.29) is 19.1 Å². The minimum atomic E-state index is -4.40. The number of halogens is 3. The lowest BCUT2D eigenvalue weighted by Gasteiger charge is -2.25. The van der Waals surface area contributed by atoms with Gasteiger partial charge < -0.3 is 14.8 Å². The van der Waals surface area contributed by atoms with Gasteiger partial charge in [-0.15, -0.1) is 0 Å². The number of rotatable bonds is 7. The van der Waals surface area contributed by atoms with Crippen LogP contribution in [0.5, 0.6) is 0 Å². The molecular weight excluding hydrogens is 487 g/mol. The Bertz CT molecular complexity index is 1540. The van der Waals surface area contributed by atoms with Crippen molar-refractivity contribution in [1.29, 1.82) is 0 Å². The minimum absolute atomic E-state index is 0.260. The van der Waals surface area contributed by atoms with Crippen LogP contribution in [0.2, 0.25) is 0 Å². The first kappa shape index (κ1) is 25.1. The van der Waals surface area contributed by atoms with Crippen LogP contribution in [0, 0.1) is 0 Å². The predicted molar refractivity (Wildman–Crippen MR) is 144 cm³/mol. The maximum atomic E-state index is 13.6. The van der Waals surface area contributed by atoms with Gasteiger partial charge in [-0.25, -0.2) is 4.79 Å². The van der Waals surface area contributed by atoms with Crippen molar-refractivity contribution in [3.63, 3.8) is 0 Å². The Hall–Kier alpha value is -4.52. The molecule has 4 nitrogen and oxygen atoms in total. The van der Waals surface area contributed by atoms with Crippen LogP contribution >= 0.6 is 0 Å². The van der Waals surface area contributed by atoms with Gasteiger partial charge in [-0.1, -0.05) is 78.9 Å². The van der Waals surface area contributed by atoms with E-state index in [4.69, 9.17) is 0 Å². The summed E-state index contributed by atoms with van der Waals surface area (Å²) in [6, 6.07) is 32.1. The molecule has 1 heterocycles. The Morgan fingerprint density at radius 2 is 1.47 bits per heavy atom. The first-order valence-corrected chi connectivity index (χ1v) is 12.2. The molecule has 2 amide bonds. The lowest BCUT2D eigenvalue weighted by atomic mass is 10.1. The summed E-state index contributed by atoms with van der Waals surface area (Å²) in [4.78, 5) is 15.3. The number of amides is 2. The molecule has 0 spiro atoms. The molecule has 192 valence electrons. The van der Waals surface area contributed by atoms with Crippen molar-refractivity contribution in [2.75, 3.05) is 5.32 Å². The Balaban J connectivity index is 1.40. The van der Waals surface area contributed by atoms with Crippen molar-refractivity contribution >= 4 is 22.5 Å². The summed E-state index contributed by atoms with van der Waals surface area (Å²) >= 11 is 0. The Morgan fingerprint density at radius 3 is 2.29 bits per heavy atom. The van der Waals surface area contributed by atoms with Gasteiger partial charge in [0.2, 0.25) is 0 Å². The van der Waals surface area contributed by atoms with Crippen molar-refractivity contribution in [2.24, 2.45) is 0 Å². The summed E-state index contributed by atoms with van der Waals surface area (Å²) in [5.41, 5.74) is 2.35. The first-order valence-electron chi connectivity index (χ1n) is 12.2. The quantitative estimate of drug-likeness (QED) is 0.236. The second kappa shape index (κ2) is 10.8. The van der Waals surface area contributed by atoms with E-state index in [1.807, 2.05) is 95.7 Å². The fourth-order valence-electron chi connectivity index (χ4n) is 4.52. The number of hydrogen-bond acceptors (Lipinski definition) is 1. The lowest BCUT2D eigenvalue weighted by Crippen LogP contribution is -2.34. The minimum Gasteiger partial charge on any atom is -0.345 e. The zero-order chi connectivity index (χ0) is 26.5. The number of hydrogen-bond donors (Lipinski definition) is 1. The SMILES string of the molecule is O=C(Nc1cccc2ccccc12)N(Cc1ccccc1)Cc1cccn1Cc1cccc(C(F)(F)F)c1. The molecular formula is C31H26F3N3O. The van der Waals surface area contributed by atoms with Gasteiger partial charge in [0, 0.05) is 30.4 Å². The summed E-state index contributed by atoms with van der Waals surface area (Å²) in [7, 11) is 0. The molecule has 0 saturated carbocycles. The highest BCUT2D eigenvalue weighted by atomic mass is 19.4. The molecule has 0 radical (unpaired) electrons. The van der Waals surface area contributed by atoms with Crippen molar-refractivity contribution in [2.45, 2.75) is 25.8 Å². The van der Waals surface area contributed by atoms with Gasteiger partial charge in [-0.05, 0) is 46.8 Å². The zero-order valence-corrected chi connectivity index (χ0v) is 20.5. The van der Waals surface area contributed by atoms with Crippen LogP contribution in [-0.4, -0.2) is 15.5 Å². The summed E-state index contributed by atoms with van der Waals surface area (Å²) in [6.07, 6.45) is -2.58. The van der Waals surface area contributed by atoms with Crippen molar-refractivity contribution in [1.82, 2.24) is 9.47 Å². The van der Waals surface area contributed by atoms with Gasteiger partial charge >= 0.3 is 12.2 Å². The zero-order valence-electron chi connectivity index (χ0n) is 20.5. The average molecular weight is 514 g/mol. The molecule has 38 heavy (non-hydrogen) atoms. The number of carbonyl (C=O) groups excluding carboxylic acids is 1. The summed E-state index contributed by atoms with van der Waals surface area (Å²) in [5.74, 6) is 0. The molecule has 5 aromatic rings. The molecule has 5 rings (SSSR count). The van der Waals surface area contributed by atoms with E-state index < -0.39 is 11.7 Å². The fourth-order valence-corrected chi connectivity index (χ4v) is 4.52. The highest BCUT2D eigenvalue weighted by Crippen LogP contribution is 2.30. The van der Waals surface area contributed by atoms with E-state index in [9.17, 15) is 18.0 Å². The molecule has 0 saturated heterocycles. The van der Waals surface area contributed by atoms with Gasteiger partial charge in [0.15, 0.2) is 0 Å². The summed E-state index contributed by atoms with van der Waals surface area (Å²) < 4.78 is 41.5. The van der Waals surface area contributed by atoms with Crippen LogP contribution in [0.1, 0.15) is 22.4 Å². The topological polar surface area (TPSA) is 37.3 Å². The molecule has 0 fully saturated rings. The summed E-state index contributed by atoms with van der Waals surface area (Å²) in [6.45, 7) is 0.903. The number of nitrogens with zero attached hydrogens (tertiary/aromatic N) is 2. The highest BCUT2D eigenvalue weighted by Gasteiger charge is 2.30. The number of urea groups is 1. The lowest BCUT2D eigenvalue weighted by molar-refractivity contribution is -0.137. The maximum absolute atomic E-state index is 13.6. The molecule has 0 bridgehead atoms. The van der Waals surface area contributed by atoms with Gasteiger partial charge in [-0.2, -0.15) is 13.2 Å². The predicted octanol–water partition coefficient (Wildman–Crippen LogP) is 7.94. The molecule has 0 atom stereocenters. The van der Waals surface area contributed by atoms with Crippen molar-refractivity contribution in [3.05, 3.63) is 138 Å². The van der Waals surface area contributed by atoms with E-state index in [2.05, 4.69) is 5.32 Å². The van der Waals surface area contributed by atoms with Gasteiger partial charge in [0.05, 0.1) is 17.8 Å². The molecule has 1 N–H and O–H groups in total. The molecule has 0 unspecified atom stereocenters. The van der Waals surface area contributed by atoms with Gasteiger partial charge in [0.25, 0.3) is 0 Å². The van der Waals surface area contributed by atoms with Gasteiger partial charge in [-0.3, -0.25) is 0 Å². The van der Waals surface area contributed by atoms with Crippen LogP contribution in [0.25, 0.3) is 10.8 Å². The average Bonchev–Trinajstić information content (AvgIpc) is 3.35. The van der Waals surface area contributed by atoms with Crippen LogP contribution in [0.4, 0.5) is 23.7 Å². The third-order valence-corrected chi connectivity index (χ3v) is 6.42. The molecule has 1 aromatic heterocycles.